The molecule has 0 N–H and O–H groups in total. The normalized spacial score (nSPS) is 16.3. The number of carbonyl (C=O) groups is 1. The second-order valence-electron chi connectivity index (χ2n) is 6.45. The Morgan fingerprint density at radius 3 is 2.74 bits per heavy atom. The summed E-state index contributed by atoms with van der Waals surface area (Å²) >= 11 is 1.46. The summed E-state index contributed by atoms with van der Waals surface area (Å²) in [6, 6.07) is 3.81. The van der Waals surface area contributed by atoms with Gasteiger partial charge in [0.1, 0.15) is 11.5 Å². The Morgan fingerprint density at radius 1 is 1.39 bits per heavy atom. The van der Waals surface area contributed by atoms with Gasteiger partial charge in [0.25, 0.3) is 5.91 Å². The highest BCUT2D eigenvalue weighted by atomic mass is 32.1. The van der Waals surface area contributed by atoms with Gasteiger partial charge in [0, 0.05) is 25.0 Å². The number of amides is 1. The zero-order valence-electron chi connectivity index (χ0n) is 13.9. The second kappa shape index (κ2) is 6.84. The molecule has 23 heavy (non-hydrogen) atoms. The fraction of sp³-hybridized carbons (Fsp3) is 0.529. The minimum atomic E-state index is 0.0408. The maximum Gasteiger partial charge on any atom is 0.273 e. The molecule has 0 aliphatic carbocycles. The highest BCUT2D eigenvalue weighted by Gasteiger charge is 2.25. The molecule has 1 amide bonds. The lowest BCUT2D eigenvalue weighted by molar-refractivity contribution is 0.0673. The number of aromatic nitrogens is 1. The van der Waals surface area contributed by atoms with Gasteiger partial charge in [-0.2, -0.15) is 0 Å². The van der Waals surface area contributed by atoms with Gasteiger partial charge >= 0.3 is 0 Å². The van der Waals surface area contributed by atoms with Crippen LogP contribution in [0.3, 0.4) is 0 Å². The molecule has 0 unspecified atom stereocenters. The molecule has 3 rings (SSSR count). The molecule has 0 radical (unpaired) electrons. The third kappa shape index (κ3) is 3.82. The molecule has 1 saturated heterocycles. The fourth-order valence-corrected chi connectivity index (χ4v) is 3.79. The van der Waals surface area contributed by atoms with Crippen LogP contribution in [-0.2, 0) is 0 Å². The maximum atomic E-state index is 12.6. The number of hydrogen-bond donors (Lipinski definition) is 0. The standard InChI is InChI=1S/C17H23N3O2S/c1-12-4-5-15(22-12)16-18-14(11-23-16)17(21)20-8-6-13(7-9-20)10-19(2)3/h4-5,11,13H,6-10H2,1-3H3. The summed E-state index contributed by atoms with van der Waals surface area (Å²) in [5.41, 5.74) is 0.533. The quantitative estimate of drug-likeness (QED) is 0.862. The largest absolute Gasteiger partial charge is 0.459 e. The van der Waals surface area contributed by atoms with Gasteiger partial charge in [-0.15, -0.1) is 11.3 Å². The highest BCUT2D eigenvalue weighted by molar-refractivity contribution is 7.13. The Kier molecular flexibility index (Phi) is 4.82. The van der Waals surface area contributed by atoms with Crippen molar-refractivity contribution >= 4 is 17.2 Å². The van der Waals surface area contributed by atoms with Crippen molar-refractivity contribution in [2.45, 2.75) is 19.8 Å². The van der Waals surface area contributed by atoms with Crippen LogP contribution >= 0.6 is 11.3 Å². The summed E-state index contributed by atoms with van der Waals surface area (Å²) in [5.74, 6) is 2.31. The third-order valence-electron chi connectivity index (χ3n) is 4.20. The smallest absolute Gasteiger partial charge is 0.273 e. The first-order chi connectivity index (χ1) is 11.0. The van der Waals surface area contributed by atoms with Gasteiger partial charge in [0.15, 0.2) is 10.8 Å². The van der Waals surface area contributed by atoms with Crippen molar-refractivity contribution in [2.24, 2.45) is 5.92 Å². The van der Waals surface area contributed by atoms with Crippen molar-refractivity contribution in [3.05, 3.63) is 29.0 Å². The van der Waals surface area contributed by atoms with Crippen molar-refractivity contribution in [1.82, 2.24) is 14.8 Å². The Bertz CT molecular complexity index is 669. The van der Waals surface area contributed by atoms with Crippen molar-refractivity contribution in [1.29, 1.82) is 0 Å². The van der Waals surface area contributed by atoms with E-state index in [0.717, 1.165) is 49.0 Å². The van der Waals surface area contributed by atoms with E-state index >= 15 is 0 Å². The zero-order valence-corrected chi connectivity index (χ0v) is 14.7. The van der Waals surface area contributed by atoms with E-state index in [9.17, 15) is 4.79 Å². The van der Waals surface area contributed by atoms with Crippen LogP contribution in [0.2, 0.25) is 0 Å². The van der Waals surface area contributed by atoms with E-state index in [2.05, 4.69) is 24.0 Å². The van der Waals surface area contributed by atoms with Gasteiger partial charge in [-0.3, -0.25) is 4.79 Å². The predicted octanol–water partition coefficient (Wildman–Crippen LogP) is 3.13. The Morgan fingerprint density at radius 2 is 2.13 bits per heavy atom. The first-order valence-electron chi connectivity index (χ1n) is 7.99. The van der Waals surface area contributed by atoms with Gasteiger partial charge in [-0.25, -0.2) is 4.98 Å². The lowest BCUT2D eigenvalue weighted by atomic mass is 9.96. The summed E-state index contributed by atoms with van der Waals surface area (Å²) in [4.78, 5) is 21.2. The number of nitrogens with zero attached hydrogens (tertiary/aromatic N) is 3. The molecule has 2 aromatic heterocycles. The van der Waals surface area contributed by atoms with Crippen molar-refractivity contribution in [3.8, 4) is 10.8 Å². The van der Waals surface area contributed by atoms with E-state index in [-0.39, 0.29) is 5.91 Å². The molecule has 0 atom stereocenters. The number of likely N-dealkylation sites (tertiary alicyclic amines) is 1. The van der Waals surface area contributed by atoms with Gasteiger partial charge in [0.05, 0.1) is 0 Å². The van der Waals surface area contributed by atoms with E-state index in [0.29, 0.717) is 11.6 Å². The van der Waals surface area contributed by atoms with E-state index in [1.165, 1.54) is 11.3 Å². The van der Waals surface area contributed by atoms with E-state index in [1.54, 1.807) is 0 Å². The van der Waals surface area contributed by atoms with Gasteiger partial charge < -0.3 is 14.2 Å². The summed E-state index contributed by atoms with van der Waals surface area (Å²) in [7, 11) is 4.20. The van der Waals surface area contributed by atoms with Gasteiger partial charge in [-0.05, 0) is 51.9 Å². The number of rotatable bonds is 4. The van der Waals surface area contributed by atoms with E-state index in [4.69, 9.17) is 4.42 Å². The Labute approximate surface area is 140 Å². The molecule has 1 aliphatic rings. The van der Waals surface area contributed by atoms with Crippen LogP contribution in [0, 0.1) is 12.8 Å². The van der Waals surface area contributed by atoms with Crippen LogP contribution in [0.4, 0.5) is 0 Å². The molecule has 0 bridgehead atoms. The lowest BCUT2D eigenvalue weighted by Gasteiger charge is -2.32. The average molecular weight is 333 g/mol. The van der Waals surface area contributed by atoms with Crippen LogP contribution in [0.25, 0.3) is 10.8 Å². The monoisotopic (exact) mass is 333 g/mol. The summed E-state index contributed by atoms with van der Waals surface area (Å²) in [6.45, 7) is 4.65. The van der Waals surface area contributed by atoms with Crippen LogP contribution in [-0.4, -0.2) is 54.4 Å². The molecule has 0 spiro atoms. The molecule has 124 valence electrons. The Hall–Kier alpha value is -1.66. The average Bonchev–Trinajstić information content (AvgIpc) is 3.15. The summed E-state index contributed by atoms with van der Waals surface area (Å²) < 4.78 is 5.58. The van der Waals surface area contributed by atoms with Crippen molar-refractivity contribution in [2.75, 3.05) is 33.7 Å². The van der Waals surface area contributed by atoms with Crippen LogP contribution in [0.5, 0.6) is 0 Å². The van der Waals surface area contributed by atoms with Crippen molar-refractivity contribution in [3.63, 3.8) is 0 Å². The highest BCUT2D eigenvalue weighted by Crippen LogP contribution is 2.27. The number of furan rings is 1. The van der Waals surface area contributed by atoms with E-state index < -0.39 is 0 Å². The number of hydrogen-bond acceptors (Lipinski definition) is 5. The molecule has 0 saturated carbocycles. The van der Waals surface area contributed by atoms with Crippen LogP contribution in [0.15, 0.2) is 21.9 Å². The van der Waals surface area contributed by atoms with Crippen LogP contribution in [0.1, 0.15) is 29.1 Å². The predicted molar refractivity (Wildman–Crippen MR) is 91.7 cm³/mol. The summed E-state index contributed by atoms with van der Waals surface area (Å²) in [5, 5.41) is 2.60. The Balaban J connectivity index is 1.62. The molecule has 3 heterocycles. The second-order valence-corrected chi connectivity index (χ2v) is 7.30. The molecular formula is C17H23N3O2S. The number of piperidine rings is 1. The lowest BCUT2D eigenvalue weighted by Crippen LogP contribution is -2.40. The molecule has 6 heteroatoms. The fourth-order valence-electron chi connectivity index (χ4n) is 3.03. The molecule has 1 aliphatic heterocycles. The number of carbonyl (C=O) groups excluding carboxylic acids is 1. The van der Waals surface area contributed by atoms with Gasteiger partial charge in [-0.1, -0.05) is 0 Å². The minimum absolute atomic E-state index is 0.0408. The zero-order chi connectivity index (χ0) is 16.4. The first-order valence-corrected chi connectivity index (χ1v) is 8.87. The molecule has 0 aromatic carbocycles. The van der Waals surface area contributed by atoms with Crippen LogP contribution < -0.4 is 0 Å². The molecule has 2 aromatic rings. The van der Waals surface area contributed by atoms with E-state index in [1.807, 2.05) is 29.3 Å². The first kappa shape index (κ1) is 16.2. The topological polar surface area (TPSA) is 49.6 Å². The number of thiazole rings is 1. The maximum absolute atomic E-state index is 12.6. The molecule has 1 fully saturated rings. The SMILES string of the molecule is Cc1ccc(-c2nc(C(=O)N3CCC(CN(C)C)CC3)cs2)o1. The van der Waals surface area contributed by atoms with Gasteiger partial charge in [0.2, 0.25) is 0 Å². The molecular weight excluding hydrogens is 310 g/mol. The third-order valence-corrected chi connectivity index (χ3v) is 5.06. The minimum Gasteiger partial charge on any atom is -0.459 e. The summed E-state index contributed by atoms with van der Waals surface area (Å²) in [6.07, 6.45) is 2.14. The molecule has 5 nitrogen and oxygen atoms in total. The van der Waals surface area contributed by atoms with Crippen molar-refractivity contribution < 1.29 is 9.21 Å². The number of aryl methyl sites for hydroxylation is 1.